The molecule has 1 fully saturated rings. The van der Waals surface area contributed by atoms with E-state index in [2.05, 4.69) is 5.32 Å². The van der Waals surface area contributed by atoms with Crippen molar-refractivity contribution in [3.63, 3.8) is 0 Å². The van der Waals surface area contributed by atoms with Crippen molar-refractivity contribution >= 4 is 39.1 Å². The third kappa shape index (κ3) is 8.86. The first-order chi connectivity index (χ1) is 19.0. The Labute approximate surface area is 244 Å². The van der Waals surface area contributed by atoms with Crippen LogP contribution in [-0.4, -0.2) is 57.1 Å². The fourth-order valence-corrected chi connectivity index (χ4v) is 6.49. The topological polar surface area (TPSA) is 96.0 Å². The van der Waals surface area contributed by atoms with Crippen molar-refractivity contribution in [3.8, 4) is 5.75 Å². The highest BCUT2D eigenvalue weighted by Crippen LogP contribution is 2.30. The number of aryl methyl sites for hydroxylation is 1. The Balaban J connectivity index is 1.77. The van der Waals surface area contributed by atoms with Crippen LogP contribution in [0.15, 0.2) is 42.5 Å². The summed E-state index contributed by atoms with van der Waals surface area (Å²) >= 11 is 6.24. The first-order valence-electron chi connectivity index (χ1n) is 14.0. The molecule has 2 aromatic carbocycles. The molecular formula is C30H42ClN3O5S. The third-order valence-corrected chi connectivity index (χ3v) is 8.84. The maximum Gasteiger partial charge on any atom is 0.243 e. The van der Waals surface area contributed by atoms with E-state index in [1.54, 1.807) is 17.0 Å². The molecule has 0 spiro atoms. The number of carbonyl (C=O) groups is 2. The van der Waals surface area contributed by atoms with Crippen molar-refractivity contribution < 1.29 is 22.7 Å². The van der Waals surface area contributed by atoms with E-state index in [4.69, 9.17) is 16.3 Å². The number of nitrogens with one attached hydrogen (secondary N) is 1. The summed E-state index contributed by atoms with van der Waals surface area (Å²) in [5.41, 5.74) is 2.42. The monoisotopic (exact) mass is 591 g/mol. The standard InChI is InChI=1S/C30H42ClN3O5S/c1-5-27(30(36)32-24-13-7-6-8-14-24)33(21-23-12-9-11-22(2)19-23)29(35)15-10-18-34(40(4,37)38)25-16-17-28(39-3)26(31)20-25/h9,11-12,16-17,19-20,24,27H,5-8,10,13-15,18,21H2,1-4H3,(H,32,36)/t27-/m1/s1. The van der Waals surface area contributed by atoms with Gasteiger partial charge in [-0.3, -0.25) is 13.9 Å². The third-order valence-electron chi connectivity index (χ3n) is 7.35. The number of anilines is 1. The Hall–Kier alpha value is -2.78. The zero-order valence-corrected chi connectivity index (χ0v) is 25.6. The molecule has 0 bridgehead atoms. The van der Waals surface area contributed by atoms with Crippen molar-refractivity contribution in [3.05, 3.63) is 58.6 Å². The molecule has 2 aromatic rings. The Morgan fingerprint density at radius 1 is 1.12 bits per heavy atom. The van der Waals surface area contributed by atoms with Gasteiger partial charge in [0.15, 0.2) is 0 Å². The van der Waals surface area contributed by atoms with Gasteiger partial charge in [-0.1, -0.05) is 67.6 Å². The molecule has 0 heterocycles. The molecule has 2 amide bonds. The maximum absolute atomic E-state index is 13.7. The fraction of sp³-hybridized carbons (Fsp3) is 0.533. The van der Waals surface area contributed by atoms with Crippen LogP contribution in [0.25, 0.3) is 0 Å². The van der Waals surface area contributed by atoms with E-state index in [1.165, 1.54) is 23.9 Å². The number of nitrogens with zero attached hydrogens (tertiary/aromatic N) is 2. The minimum atomic E-state index is -3.63. The number of ether oxygens (including phenoxy) is 1. The predicted octanol–water partition coefficient (Wildman–Crippen LogP) is 5.46. The van der Waals surface area contributed by atoms with E-state index in [1.807, 2.05) is 38.1 Å². The Morgan fingerprint density at radius 3 is 2.45 bits per heavy atom. The lowest BCUT2D eigenvalue weighted by Crippen LogP contribution is -2.51. The van der Waals surface area contributed by atoms with Gasteiger partial charge in [0, 0.05) is 25.6 Å². The second-order valence-corrected chi connectivity index (χ2v) is 12.8. The highest BCUT2D eigenvalue weighted by atomic mass is 35.5. The van der Waals surface area contributed by atoms with Gasteiger partial charge in [0.2, 0.25) is 21.8 Å². The van der Waals surface area contributed by atoms with E-state index in [0.717, 1.165) is 43.1 Å². The molecule has 220 valence electrons. The number of sulfonamides is 1. The largest absolute Gasteiger partial charge is 0.495 e. The molecule has 0 aliphatic heterocycles. The molecule has 0 radical (unpaired) electrons. The van der Waals surface area contributed by atoms with Crippen LogP contribution < -0.4 is 14.4 Å². The molecule has 1 aliphatic carbocycles. The summed E-state index contributed by atoms with van der Waals surface area (Å²) in [6.45, 7) is 4.31. The molecule has 1 aliphatic rings. The zero-order chi connectivity index (χ0) is 29.3. The van der Waals surface area contributed by atoms with E-state index in [9.17, 15) is 18.0 Å². The molecule has 40 heavy (non-hydrogen) atoms. The molecule has 3 rings (SSSR count). The Morgan fingerprint density at radius 2 is 1.85 bits per heavy atom. The van der Waals surface area contributed by atoms with Crippen LogP contribution >= 0.6 is 11.6 Å². The van der Waals surface area contributed by atoms with E-state index in [-0.39, 0.29) is 37.2 Å². The number of hydrogen-bond acceptors (Lipinski definition) is 5. The van der Waals surface area contributed by atoms with Crippen molar-refractivity contribution in [1.82, 2.24) is 10.2 Å². The number of hydrogen-bond donors (Lipinski definition) is 1. The maximum atomic E-state index is 13.7. The van der Waals surface area contributed by atoms with Gasteiger partial charge in [-0.05, 0) is 56.4 Å². The molecule has 8 nitrogen and oxygen atoms in total. The van der Waals surface area contributed by atoms with Gasteiger partial charge in [0.25, 0.3) is 0 Å². The second-order valence-electron chi connectivity index (χ2n) is 10.5. The quantitative estimate of drug-likeness (QED) is 0.334. The minimum absolute atomic E-state index is 0.0922. The van der Waals surface area contributed by atoms with Crippen LogP contribution in [0.1, 0.15) is 69.4 Å². The van der Waals surface area contributed by atoms with Gasteiger partial charge >= 0.3 is 0 Å². The van der Waals surface area contributed by atoms with Crippen molar-refractivity contribution in [2.75, 3.05) is 24.2 Å². The summed E-state index contributed by atoms with van der Waals surface area (Å²) in [6.07, 6.45) is 7.29. The van der Waals surface area contributed by atoms with E-state index >= 15 is 0 Å². The molecule has 10 heteroatoms. The molecular weight excluding hydrogens is 550 g/mol. The van der Waals surface area contributed by atoms with Crippen LogP contribution in [0.3, 0.4) is 0 Å². The Bertz CT molecular complexity index is 1260. The molecule has 1 atom stereocenters. The summed E-state index contributed by atoms with van der Waals surface area (Å²) in [7, 11) is -2.14. The van der Waals surface area contributed by atoms with Gasteiger partial charge in [-0.15, -0.1) is 0 Å². The highest BCUT2D eigenvalue weighted by Gasteiger charge is 2.30. The van der Waals surface area contributed by atoms with E-state index in [0.29, 0.717) is 29.4 Å². The average Bonchev–Trinajstić information content (AvgIpc) is 2.90. The summed E-state index contributed by atoms with van der Waals surface area (Å²) in [5.74, 6) is 0.132. The molecule has 0 aromatic heterocycles. The minimum Gasteiger partial charge on any atom is -0.495 e. The highest BCUT2D eigenvalue weighted by molar-refractivity contribution is 7.92. The van der Waals surface area contributed by atoms with Gasteiger partial charge in [0.1, 0.15) is 11.8 Å². The lowest BCUT2D eigenvalue weighted by Gasteiger charge is -2.33. The lowest BCUT2D eigenvalue weighted by molar-refractivity contribution is -0.141. The van der Waals surface area contributed by atoms with Crippen LogP contribution in [0.2, 0.25) is 5.02 Å². The number of methoxy groups -OCH3 is 1. The number of halogens is 1. The van der Waals surface area contributed by atoms with Crippen LogP contribution in [0.5, 0.6) is 5.75 Å². The van der Waals surface area contributed by atoms with Crippen LogP contribution in [0, 0.1) is 6.92 Å². The Kier molecular flexibility index (Phi) is 11.7. The number of amides is 2. The van der Waals surface area contributed by atoms with Gasteiger partial charge < -0.3 is 15.0 Å². The SMILES string of the molecule is CC[C@H](C(=O)NC1CCCCC1)N(Cc1cccc(C)c1)C(=O)CCCN(c1ccc(OC)c(Cl)c1)S(C)(=O)=O. The fourth-order valence-electron chi connectivity index (χ4n) is 5.29. The molecule has 0 saturated heterocycles. The van der Waals surface area contributed by atoms with Crippen molar-refractivity contribution in [2.24, 2.45) is 0 Å². The van der Waals surface area contributed by atoms with Gasteiger partial charge in [0.05, 0.1) is 24.1 Å². The second kappa shape index (κ2) is 14.7. The average molecular weight is 592 g/mol. The lowest BCUT2D eigenvalue weighted by atomic mass is 9.95. The smallest absolute Gasteiger partial charge is 0.243 e. The van der Waals surface area contributed by atoms with Gasteiger partial charge in [-0.2, -0.15) is 0 Å². The summed E-state index contributed by atoms with van der Waals surface area (Å²) in [4.78, 5) is 28.7. The molecule has 1 N–H and O–H groups in total. The number of rotatable bonds is 13. The van der Waals surface area contributed by atoms with Crippen molar-refractivity contribution in [1.29, 1.82) is 0 Å². The number of carbonyl (C=O) groups excluding carboxylic acids is 2. The predicted molar refractivity (Wildman–Crippen MR) is 160 cm³/mol. The first kappa shape index (κ1) is 31.7. The molecule has 1 saturated carbocycles. The summed E-state index contributed by atoms with van der Waals surface area (Å²) in [6, 6.07) is 12.2. The van der Waals surface area contributed by atoms with E-state index < -0.39 is 16.1 Å². The summed E-state index contributed by atoms with van der Waals surface area (Å²) < 4.78 is 31.7. The van der Waals surface area contributed by atoms with Crippen LogP contribution in [-0.2, 0) is 26.2 Å². The van der Waals surface area contributed by atoms with Crippen molar-refractivity contribution in [2.45, 2.75) is 83.8 Å². The van der Waals surface area contributed by atoms with Crippen LogP contribution in [0.4, 0.5) is 5.69 Å². The molecule has 0 unspecified atom stereocenters. The van der Waals surface area contributed by atoms with Gasteiger partial charge in [-0.25, -0.2) is 8.42 Å². The summed E-state index contributed by atoms with van der Waals surface area (Å²) in [5, 5.41) is 3.48. The zero-order valence-electron chi connectivity index (χ0n) is 24.0. The number of benzene rings is 2. The normalized spacial score (nSPS) is 14.8. The first-order valence-corrected chi connectivity index (χ1v) is 16.2.